The maximum atomic E-state index is 12.5. The van der Waals surface area contributed by atoms with E-state index in [4.69, 9.17) is 10.00 Å². The lowest BCUT2D eigenvalue weighted by molar-refractivity contribution is -0.118. The smallest absolute Gasteiger partial charge is 0.262 e. The predicted octanol–water partition coefficient (Wildman–Crippen LogP) is 4.74. The molecule has 2 atom stereocenters. The molecule has 1 N–H and O–H groups in total. The zero-order valence-electron chi connectivity index (χ0n) is 17.1. The number of rotatable bonds is 6. The van der Waals surface area contributed by atoms with E-state index in [1.165, 1.54) is 6.42 Å². The van der Waals surface area contributed by atoms with E-state index in [0.717, 1.165) is 30.4 Å². The van der Waals surface area contributed by atoms with Crippen molar-refractivity contribution in [3.05, 3.63) is 70.8 Å². The summed E-state index contributed by atoms with van der Waals surface area (Å²) < 4.78 is 5.76. The minimum Gasteiger partial charge on any atom is -0.489 e. The van der Waals surface area contributed by atoms with Crippen LogP contribution in [0.25, 0.3) is 6.08 Å². The molecule has 1 aliphatic carbocycles. The molecule has 30 heavy (non-hydrogen) atoms. The maximum absolute atomic E-state index is 12.5. The summed E-state index contributed by atoms with van der Waals surface area (Å²) in [5, 5.41) is 21.6. The molecule has 1 aliphatic rings. The van der Waals surface area contributed by atoms with Crippen LogP contribution >= 0.6 is 0 Å². The Morgan fingerprint density at radius 3 is 2.57 bits per heavy atom. The molecule has 2 aromatic carbocycles. The summed E-state index contributed by atoms with van der Waals surface area (Å²) in [5.41, 5.74) is 2.27. The fourth-order valence-corrected chi connectivity index (χ4v) is 3.67. The van der Waals surface area contributed by atoms with E-state index < -0.39 is 0 Å². The Hall–Kier alpha value is -3.57. The van der Waals surface area contributed by atoms with Crippen molar-refractivity contribution in [2.24, 2.45) is 5.92 Å². The van der Waals surface area contributed by atoms with E-state index in [1.54, 1.807) is 36.4 Å². The maximum Gasteiger partial charge on any atom is 0.262 e. The Morgan fingerprint density at radius 2 is 1.87 bits per heavy atom. The van der Waals surface area contributed by atoms with E-state index in [2.05, 4.69) is 18.3 Å². The monoisotopic (exact) mass is 399 g/mol. The molecule has 0 aliphatic heterocycles. The summed E-state index contributed by atoms with van der Waals surface area (Å²) in [5.74, 6) is 0.772. The highest BCUT2D eigenvalue weighted by atomic mass is 16.5. The van der Waals surface area contributed by atoms with E-state index in [9.17, 15) is 10.1 Å². The molecule has 0 heterocycles. The average Bonchev–Trinajstić information content (AvgIpc) is 2.78. The van der Waals surface area contributed by atoms with Crippen LogP contribution in [0.15, 0.2) is 54.1 Å². The number of nitrogens with one attached hydrogen (secondary N) is 1. The molecule has 5 nitrogen and oxygen atoms in total. The highest BCUT2D eigenvalue weighted by Crippen LogP contribution is 2.24. The number of amides is 1. The van der Waals surface area contributed by atoms with E-state index in [-0.39, 0.29) is 17.5 Å². The van der Waals surface area contributed by atoms with Gasteiger partial charge in [-0.3, -0.25) is 4.79 Å². The normalized spacial score (nSPS) is 18.7. The van der Waals surface area contributed by atoms with Gasteiger partial charge >= 0.3 is 0 Å². The first-order chi connectivity index (χ1) is 14.6. The zero-order chi connectivity index (χ0) is 21.3. The van der Waals surface area contributed by atoms with E-state index in [1.807, 2.05) is 24.3 Å². The summed E-state index contributed by atoms with van der Waals surface area (Å²) in [6.07, 6.45) is 5.98. The van der Waals surface area contributed by atoms with Gasteiger partial charge in [-0.15, -0.1) is 0 Å². The number of hydrogen-bond donors (Lipinski definition) is 1. The number of carbonyl (C=O) groups is 1. The number of carbonyl (C=O) groups excluding carboxylic acids is 1. The molecular formula is C25H25N3O2. The van der Waals surface area contributed by atoms with Crippen LogP contribution in [0.5, 0.6) is 5.75 Å². The lowest BCUT2D eigenvalue weighted by Gasteiger charge is -2.29. The van der Waals surface area contributed by atoms with Gasteiger partial charge in [0.15, 0.2) is 0 Å². The molecule has 0 aromatic heterocycles. The van der Waals surface area contributed by atoms with Gasteiger partial charge in [0.05, 0.1) is 11.6 Å². The number of nitrogens with zero attached hydrogens (tertiary/aromatic N) is 2. The molecule has 2 aromatic rings. The van der Waals surface area contributed by atoms with Crippen molar-refractivity contribution in [2.75, 3.05) is 0 Å². The number of nitriles is 2. The van der Waals surface area contributed by atoms with Crippen molar-refractivity contribution in [1.29, 1.82) is 10.5 Å². The second kappa shape index (κ2) is 10.3. The largest absolute Gasteiger partial charge is 0.489 e. The van der Waals surface area contributed by atoms with Crippen LogP contribution in [0, 0.1) is 28.6 Å². The standard InChI is InChI=1S/C25H25N3O2/c1-18-6-2-5-9-24(18)28-25(29)22(16-27)14-19-10-12-23(13-11-19)30-17-21-8-4-3-7-20(21)15-26/h3-4,7-8,10-14,18,24H,2,5-6,9,17H2,1H3,(H,28,29)/b22-14+/t18-,24-/m0/s1. The Bertz CT molecular complexity index is 996. The highest BCUT2D eigenvalue weighted by Gasteiger charge is 2.24. The average molecular weight is 399 g/mol. The summed E-state index contributed by atoms with van der Waals surface area (Å²) in [7, 11) is 0. The molecular weight excluding hydrogens is 374 g/mol. The van der Waals surface area contributed by atoms with Crippen LogP contribution in [-0.2, 0) is 11.4 Å². The zero-order valence-corrected chi connectivity index (χ0v) is 17.1. The summed E-state index contributed by atoms with van der Waals surface area (Å²) in [6.45, 7) is 2.44. The van der Waals surface area contributed by atoms with E-state index in [0.29, 0.717) is 23.8 Å². The summed E-state index contributed by atoms with van der Waals surface area (Å²) in [4.78, 5) is 12.5. The van der Waals surface area contributed by atoms with Gasteiger partial charge in [0.2, 0.25) is 0 Å². The third-order valence-corrected chi connectivity index (χ3v) is 5.52. The van der Waals surface area contributed by atoms with Gasteiger partial charge in [0.25, 0.3) is 5.91 Å². The van der Waals surface area contributed by atoms with Gasteiger partial charge < -0.3 is 10.1 Å². The van der Waals surface area contributed by atoms with Gasteiger partial charge in [0.1, 0.15) is 24.0 Å². The minimum absolute atomic E-state index is 0.101. The van der Waals surface area contributed by atoms with Crippen molar-refractivity contribution in [1.82, 2.24) is 5.32 Å². The van der Waals surface area contributed by atoms with Gasteiger partial charge in [0, 0.05) is 11.6 Å². The fourth-order valence-electron chi connectivity index (χ4n) is 3.67. The molecule has 152 valence electrons. The van der Waals surface area contributed by atoms with Crippen molar-refractivity contribution in [2.45, 2.75) is 45.3 Å². The van der Waals surface area contributed by atoms with Crippen LogP contribution < -0.4 is 10.1 Å². The summed E-state index contributed by atoms with van der Waals surface area (Å²) in [6, 6.07) is 18.8. The van der Waals surface area contributed by atoms with Crippen molar-refractivity contribution >= 4 is 12.0 Å². The molecule has 1 fully saturated rings. The fraction of sp³-hybridized carbons (Fsp3) is 0.320. The molecule has 3 rings (SSSR count). The Kier molecular flexibility index (Phi) is 7.24. The van der Waals surface area contributed by atoms with Crippen LogP contribution in [-0.4, -0.2) is 11.9 Å². The Labute approximate surface area is 177 Å². The van der Waals surface area contributed by atoms with Gasteiger partial charge in [-0.1, -0.05) is 50.1 Å². The first kappa shape index (κ1) is 21.1. The third kappa shape index (κ3) is 5.49. The second-order valence-electron chi connectivity index (χ2n) is 7.64. The third-order valence-electron chi connectivity index (χ3n) is 5.52. The number of benzene rings is 2. The first-order valence-corrected chi connectivity index (χ1v) is 10.2. The SMILES string of the molecule is C[C@H]1CCCC[C@@H]1NC(=O)/C(C#N)=C/c1ccc(OCc2ccccc2C#N)cc1. The van der Waals surface area contributed by atoms with Gasteiger partial charge in [-0.2, -0.15) is 10.5 Å². The molecule has 0 saturated heterocycles. The van der Waals surface area contributed by atoms with Crippen molar-refractivity contribution in [3.8, 4) is 17.9 Å². The first-order valence-electron chi connectivity index (χ1n) is 10.2. The molecule has 5 heteroatoms. The molecule has 0 radical (unpaired) electrons. The number of ether oxygens (including phenoxy) is 1. The molecule has 0 unspecified atom stereocenters. The Morgan fingerprint density at radius 1 is 1.13 bits per heavy atom. The van der Waals surface area contributed by atoms with Crippen LogP contribution in [0.3, 0.4) is 0 Å². The van der Waals surface area contributed by atoms with Crippen molar-refractivity contribution in [3.63, 3.8) is 0 Å². The van der Waals surface area contributed by atoms with Crippen molar-refractivity contribution < 1.29 is 9.53 Å². The predicted molar refractivity (Wildman–Crippen MR) is 115 cm³/mol. The van der Waals surface area contributed by atoms with Crippen LogP contribution in [0.4, 0.5) is 0 Å². The Balaban J connectivity index is 1.62. The molecule has 0 spiro atoms. The van der Waals surface area contributed by atoms with Gasteiger partial charge in [-0.05, 0) is 48.6 Å². The quantitative estimate of drug-likeness (QED) is 0.561. The lowest BCUT2D eigenvalue weighted by atomic mass is 9.86. The van der Waals surface area contributed by atoms with Gasteiger partial charge in [-0.25, -0.2) is 0 Å². The molecule has 1 amide bonds. The van der Waals surface area contributed by atoms with E-state index >= 15 is 0 Å². The van der Waals surface area contributed by atoms with Crippen LogP contribution in [0.2, 0.25) is 0 Å². The highest BCUT2D eigenvalue weighted by molar-refractivity contribution is 6.01. The lowest BCUT2D eigenvalue weighted by Crippen LogP contribution is -2.41. The molecule has 1 saturated carbocycles. The topological polar surface area (TPSA) is 85.9 Å². The minimum atomic E-state index is -0.315. The van der Waals surface area contributed by atoms with Crippen LogP contribution in [0.1, 0.15) is 49.3 Å². The molecule has 0 bridgehead atoms. The summed E-state index contributed by atoms with van der Waals surface area (Å²) >= 11 is 0. The number of hydrogen-bond acceptors (Lipinski definition) is 4. The second-order valence-corrected chi connectivity index (χ2v) is 7.64.